The number of nitrogens with one attached hydrogen (secondary N) is 1. The van der Waals surface area contributed by atoms with E-state index in [0.717, 1.165) is 37.1 Å². The van der Waals surface area contributed by atoms with Gasteiger partial charge in [-0.1, -0.05) is 28.1 Å². The van der Waals surface area contributed by atoms with E-state index in [1.807, 2.05) is 63.4 Å². The second kappa shape index (κ2) is 8.40. The summed E-state index contributed by atoms with van der Waals surface area (Å²) in [6.07, 6.45) is 2.10. The Morgan fingerprint density at radius 1 is 1.19 bits per heavy atom. The minimum atomic E-state index is -0.333. The highest BCUT2D eigenvalue weighted by Gasteiger charge is 2.22. The first-order valence-corrected chi connectivity index (χ1v) is 10.8. The number of ether oxygens (including phenoxy) is 2. The fraction of sp³-hybridized carbons (Fsp3) is 0.286. The van der Waals surface area contributed by atoms with Gasteiger partial charge in [0.05, 0.1) is 12.7 Å². The summed E-state index contributed by atoms with van der Waals surface area (Å²) in [5.41, 5.74) is 3.50. The minimum absolute atomic E-state index is 0.130. The van der Waals surface area contributed by atoms with Crippen molar-refractivity contribution in [3.8, 4) is 16.9 Å². The first-order valence-electron chi connectivity index (χ1n) is 8.78. The predicted octanol–water partition coefficient (Wildman–Crippen LogP) is 6.28. The molecule has 0 aliphatic heterocycles. The maximum Gasteiger partial charge on any atom is 0.355 e. The summed E-state index contributed by atoms with van der Waals surface area (Å²) in [4.78, 5) is 16.5. The fourth-order valence-corrected chi connectivity index (χ4v) is 4.35. The van der Waals surface area contributed by atoms with Gasteiger partial charge in [-0.2, -0.15) is 0 Å². The van der Waals surface area contributed by atoms with Crippen LogP contribution < -0.4 is 4.74 Å². The lowest BCUT2D eigenvalue weighted by Gasteiger charge is -2.12. The van der Waals surface area contributed by atoms with E-state index in [2.05, 4.69) is 20.9 Å². The van der Waals surface area contributed by atoms with Crippen molar-refractivity contribution in [2.75, 3.05) is 12.9 Å². The number of H-pyrrole nitrogens is 1. The third-order valence-electron chi connectivity index (χ3n) is 4.07. The normalized spacial score (nSPS) is 11.2. The number of hydrogen-bond donors (Lipinski definition) is 1. The number of esters is 1. The summed E-state index contributed by atoms with van der Waals surface area (Å²) < 4.78 is 11.9. The molecule has 27 heavy (non-hydrogen) atoms. The molecule has 0 amide bonds. The molecule has 3 aromatic rings. The van der Waals surface area contributed by atoms with Gasteiger partial charge >= 0.3 is 5.97 Å². The van der Waals surface area contributed by atoms with Crippen LogP contribution in [-0.2, 0) is 4.74 Å². The van der Waals surface area contributed by atoms with Crippen molar-refractivity contribution >= 4 is 44.6 Å². The van der Waals surface area contributed by atoms with Gasteiger partial charge in [0.15, 0.2) is 0 Å². The van der Waals surface area contributed by atoms with Gasteiger partial charge in [0.25, 0.3) is 0 Å². The van der Waals surface area contributed by atoms with Gasteiger partial charge in [-0.25, -0.2) is 4.79 Å². The summed E-state index contributed by atoms with van der Waals surface area (Å²) in [6.45, 7) is 6.16. The molecular formula is C21H22BrNO3S. The number of hydrogen-bond acceptors (Lipinski definition) is 4. The fourth-order valence-electron chi connectivity index (χ4n) is 3.04. The Morgan fingerprint density at radius 3 is 2.48 bits per heavy atom. The lowest BCUT2D eigenvalue weighted by Crippen LogP contribution is -2.06. The Morgan fingerprint density at radius 2 is 1.89 bits per heavy atom. The number of halogens is 1. The van der Waals surface area contributed by atoms with E-state index in [4.69, 9.17) is 9.47 Å². The van der Waals surface area contributed by atoms with E-state index in [1.54, 1.807) is 0 Å². The molecular weight excluding hydrogens is 426 g/mol. The average molecular weight is 448 g/mol. The number of benzene rings is 2. The zero-order chi connectivity index (χ0) is 19.6. The Bertz CT molecular complexity index is 964. The summed E-state index contributed by atoms with van der Waals surface area (Å²) in [5, 5.41) is 1.01. The Kier molecular flexibility index (Phi) is 6.17. The molecule has 6 heteroatoms. The second-order valence-electron chi connectivity index (χ2n) is 6.29. The lowest BCUT2D eigenvalue weighted by molar-refractivity contribution is 0.0516. The van der Waals surface area contributed by atoms with Crippen molar-refractivity contribution in [2.24, 2.45) is 0 Å². The number of aromatic amines is 1. The SMILES string of the molecule is CCOC(=O)c1[nH]c2ccc(Br)c(-c3ccc(OC(C)C)cc3)c2c1SC. The molecule has 0 fully saturated rings. The number of aromatic nitrogens is 1. The van der Waals surface area contributed by atoms with Gasteiger partial charge in [0.2, 0.25) is 0 Å². The van der Waals surface area contributed by atoms with Crippen molar-refractivity contribution in [1.29, 1.82) is 0 Å². The number of rotatable bonds is 6. The van der Waals surface area contributed by atoms with Crippen LogP contribution in [0.3, 0.4) is 0 Å². The Hall–Kier alpha value is -1.92. The molecule has 1 heterocycles. The summed E-state index contributed by atoms with van der Waals surface area (Å²) in [7, 11) is 0. The highest BCUT2D eigenvalue weighted by molar-refractivity contribution is 9.10. The van der Waals surface area contributed by atoms with Crippen LogP contribution in [0.25, 0.3) is 22.0 Å². The van der Waals surface area contributed by atoms with Crippen LogP contribution in [0.15, 0.2) is 45.8 Å². The maximum atomic E-state index is 12.4. The monoisotopic (exact) mass is 447 g/mol. The molecule has 0 atom stereocenters. The molecule has 142 valence electrons. The maximum absolute atomic E-state index is 12.4. The molecule has 0 radical (unpaired) electrons. The zero-order valence-corrected chi connectivity index (χ0v) is 18.2. The van der Waals surface area contributed by atoms with Crippen LogP contribution in [0.5, 0.6) is 5.75 Å². The molecule has 0 bridgehead atoms. The van der Waals surface area contributed by atoms with Crippen molar-refractivity contribution in [1.82, 2.24) is 4.98 Å². The van der Waals surface area contributed by atoms with E-state index >= 15 is 0 Å². The molecule has 0 unspecified atom stereocenters. The molecule has 0 saturated carbocycles. The van der Waals surface area contributed by atoms with Gasteiger partial charge in [-0.3, -0.25) is 0 Å². The summed E-state index contributed by atoms with van der Waals surface area (Å²) >= 11 is 5.22. The van der Waals surface area contributed by atoms with E-state index in [9.17, 15) is 4.79 Å². The second-order valence-corrected chi connectivity index (χ2v) is 7.96. The highest BCUT2D eigenvalue weighted by Crippen LogP contribution is 2.42. The van der Waals surface area contributed by atoms with Crippen LogP contribution >= 0.6 is 27.7 Å². The van der Waals surface area contributed by atoms with E-state index in [0.29, 0.717) is 12.3 Å². The minimum Gasteiger partial charge on any atom is -0.491 e. The number of thioether (sulfide) groups is 1. The van der Waals surface area contributed by atoms with Crippen molar-refractivity contribution in [2.45, 2.75) is 31.8 Å². The molecule has 0 aliphatic carbocycles. The van der Waals surface area contributed by atoms with Gasteiger partial charge < -0.3 is 14.5 Å². The van der Waals surface area contributed by atoms with Gasteiger partial charge in [-0.15, -0.1) is 11.8 Å². The molecule has 0 saturated heterocycles. The average Bonchev–Trinajstić information content (AvgIpc) is 3.01. The molecule has 4 nitrogen and oxygen atoms in total. The van der Waals surface area contributed by atoms with Crippen LogP contribution in [0.1, 0.15) is 31.3 Å². The van der Waals surface area contributed by atoms with Crippen LogP contribution in [0, 0.1) is 0 Å². The standard InChI is InChI=1S/C21H22BrNO3S/c1-5-25-21(24)19-20(27-4)18-16(23-19)11-10-15(22)17(18)13-6-8-14(9-7-13)26-12(2)3/h6-12,23H,5H2,1-4H3. The highest BCUT2D eigenvalue weighted by atomic mass is 79.9. The third-order valence-corrected chi connectivity index (χ3v) is 5.54. The van der Waals surface area contributed by atoms with Gasteiger partial charge in [0.1, 0.15) is 11.4 Å². The summed E-state index contributed by atoms with van der Waals surface area (Å²) in [6, 6.07) is 12.0. The lowest BCUT2D eigenvalue weighted by atomic mass is 10.0. The predicted molar refractivity (Wildman–Crippen MR) is 115 cm³/mol. The van der Waals surface area contributed by atoms with E-state index < -0.39 is 0 Å². The van der Waals surface area contributed by atoms with Crippen LogP contribution in [-0.4, -0.2) is 29.9 Å². The smallest absolute Gasteiger partial charge is 0.355 e. The first kappa shape index (κ1) is 19.8. The molecule has 1 aromatic heterocycles. The number of carbonyl (C=O) groups is 1. The summed E-state index contributed by atoms with van der Waals surface area (Å²) in [5.74, 6) is 0.504. The third kappa shape index (κ3) is 4.01. The van der Waals surface area contributed by atoms with Gasteiger partial charge in [0, 0.05) is 25.8 Å². The number of carbonyl (C=O) groups excluding carboxylic acids is 1. The molecule has 0 aliphatic rings. The van der Waals surface area contributed by atoms with Crippen molar-refractivity contribution in [3.63, 3.8) is 0 Å². The Labute approximate surface area is 171 Å². The largest absolute Gasteiger partial charge is 0.491 e. The van der Waals surface area contributed by atoms with Gasteiger partial charge in [-0.05, 0) is 56.9 Å². The topological polar surface area (TPSA) is 51.3 Å². The van der Waals surface area contributed by atoms with Crippen molar-refractivity contribution < 1.29 is 14.3 Å². The van der Waals surface area contributed by atoms with Crippen molar-refractivity contribution in [3.05, 3.63) is 46.6 Å². The first-order chi connectivity index (χ1) is 13.0. The molecule has 0 spiro atoms. The quantitative estimate of drug-likeness (QED) is 0.356. The molecule has 3 rings (SSSR count). The zero-order valence-electron chi connectivity index (χ0n) is 15.8. The van der Waals surface area contributed by atoms with E-state index in [-0.39, 0.29) is 12.1 Å². The number of fused-ring (bicyclic) bond motifs is 1. The van der Waals surface area contributed by atoms with E-state index in [1.165, 1.54) is 11.8 Å². The Balaban J connectivity index is 2.17. The van der Waals surface area contributed by atoms with Crippen LogP contribution in [0.2, 0.25) is 0 Å². The molecule has 1 N–H and O–H groups in total. The van der Waals surface area contributed by atoms with Crippen LogP contribution in [0.4, 0.5) is 0 Å². The molecule has 2 aromatic carbocycles.